The van der Waals surface area contributed by atoms with Gasteiger partial charge in [-0.2, -0.15) is 0 Å². The molecule has 4 rings (SSSR count). The Bertz CT molecular complexity index is 860. The van der Waals surface area contributed by atoms with Gasteiger partial charge in [0.25, 0.3) is 0 Å². The van der Waals surface area contributed by atoms with Crippen LogP contribution in [-0.4, -0.2) is 42.7 Å². The summed E-state index contributed by atoms with van der Waals surface area (Å²) < 4.78 is 6.01. The smallest absolute Gasteiger partial charge is 0.316 e. The monoisotopic (exact) mass is 380 g/mol. The highest BCUT2D eigenvalue weighted by Gasteiger charge is 2.21. The fraction of sp³-hybridized carbons (Fsp3) is 0.455. The van der Waals surface area contributed by atoms with Gasteiger partial charge in [-0.15, -0.1) is 0 Å². The third kappa shape index (κ3) is 4.12. The highest BCUT2D eigenvalue weighted by atomic mass is 16.5. The van der Waals surface area contributed by atoms with Gasteiger partial charge in [-0.05, 0) is 80.9 Å². The molecule has 2 aromatic rings. The van der Waals surface area contributed by atoms with Crippen LogP contribution in [0, 0.1) is 5.92 Å². The molecule has 1 aromatic heterocycles. The number of hydrogen-bond acceptors (Lipinski definition) is 4. The number of carbonyl (C=O) groups excluding carboxylic acids is 1. The van der Waals surface area contributed by atoms with Gasteiger partial charge in [0.1, 0.15) is 0 Å². The maximum Gasteiger partial charge on any atom is 0.316 e. The SMILES string of the molecule is CN1CCC(COc2cc(-c3ccc4c(c3NC(N)=O)CCC4)ccn2)CC1. The molecule has 0 radical (unpaired) electrons. The number of amides is 2. The van der Waals surface area contributed by atoms with Crippen molar-refractivity contribution in [2.24, 2.45) is 11.7 Å². The van der Waals surface area contributed by atoms with Crippen molar-refractivity contribution in [3.8, 4) is 17.0 Å². The van der Waals surface area contributed by atoms with E-state index < -0.39 is 6.03 Å². The largest absolute Gasteiger partial charge is 0.477 e. The van der Waals surface area contributed by atoms with Crippen LogP contribution < -0.4 is 15.8 Å². The molecule has 0 spiro atoms. The molecule has 0 atom stereocenters. The number of pyridine rings is 1. The fourth-order valence-electron chi connectivity index (χ4n) is 4.26. The Morgan fingerprint density at radius 3 is 2.89 bits per heavy atom. The molecule has 2 heterocycles. The van der Waals surface area contributed by atoms with E-state index in [1.807, 2.05) is 12.1 Å². The van der Waals surface area contributed by atoms with E-state index in [1.165, 1.54) is 11.1 Å². The summed E-state index contributed by atoms with van der Waals surface area (Å²) in [6.45, 7) is 2.94. The van der Waals surface area contributed by atoms with Crippen molar-refractivity contribution in [2.75, 3.05) is 32.1 Å². The third-order valence-electron chi connectivity index (χ3n) is 5.88. The first-order valence-corrected chi connectivity index (χ1v) is 10.1. The van der Waals surface area contributed by atoms with Crippen LogP contribution in [0.25, 0.3) is 11.1 Å². The molecule has 2 aliphatic rings. The van der Waals surface area contributed by atoms with E-state index in [-0.39, 0.29) is 0 Å². The number of aromatic nitrogens is 1. The average molecular weight is 380 g/mol. The lowest BCUT2D eigenvalue weighted by Crippen LogP contribution is -2.32. The first kappa shape index (κ1) is 18.7. The minimum absolute atomic E-state index is 0.533. The first-order chi connectivity index (χ1) is 13.6. The first-order valence-electron chi connectivity index (χ1n) is 10.1. The van der Waals surface area contributed by atoms with Crippen molar-refractivity contribution in [2.45, 2.75) is 32.1 Å². The molecule has 148 valence electrons. The summed E-state index contributed by atoms with van der Waals surface area (Å²) >= 11 is 0. The Hall–Kier alpha value is -2.60. The van der Waals surface area contributed by atoms with E-state index >= 15 is 0 Å². The minimum atomic E-state index is -0.533. The standard InChI is InChI=1S/C22H28N4O2/c1-26-11-8-15(9-12-26)14-28-20-13-17(7-10-24-20)19-6-5-16-3-2-4-18(16)21(19)25-22(23)27/h5-7,10,13,15H,2-4,8-9,11-12,14H2,1H3,(H3,23,25,27). The maximum atomic E-state index is 11.6. The second-order valence-corrected chi connectivity index (χ2v) is 7.91. The Morgan fingerprint density at radius 1 is 1.29 bits per heavy atom. The number of aryl methyl sites for hydroxylation is 1. The topological polar surface area (TPSA) is 80.5 Å². The number of fused-ring (bicyclic) bond motifs is 1. The van der Waals surface area contributed by atoms with Gasteiger partial charge in [-0.1, -0.05) is 12.1 Å². The van der Waals surface area contributed by atoms with Crippen molar-refractivity contribution in [3.63, 3.8) is 0 Å². The Balaban J connectivity index is 1.55. The number of primary amides is 1. The van der Waals surface area contributed by atoms with Gasteiger partial charge in [0.05, 0.1) is 12.3 Å². The number of piperidine rings is 1. The Kier molecular flexibility index (Phi) is 5.48. The van der Waals surface area contributed by atoms with Crippen molar-refractivity contribution in [3.05, 3.63) is 41.6 Å². The lowest BCUT2D eigenvalue weighted by Gasteiger charge is -2.28. The van der Waals surface area contributed by atoms with E-state index in [4.69, 9.17) is 10.5 Å². The number of benzene rings is 1. The van der Waals surface area contributed by atoms with E-state index in [1.54, 1.807) is 6.20 Å². The molecule has 3 N–H and O–H groups in total. The summed E-state index contributed by atoms with van der Waals surface area (Å²) in [6, 6.07) is 7.59. The summed E-state index contributed by atoms with van der Waals surface area (Å²) in [7, 11) is 2.16. The van der Waals surface area contributed by atoms with Gasteiger partial charge in [-0.25, -0.2) is 9.78 Å². The van der Waals surface area contributed by atoms with Crippen molar-refractivity contribution in [1.29, 1.82) is 0 Å². The highest BCUT2D eigenvalue weighted by Crippen LogP contribution is 2.38. The molecular formula is C22H28N4O2. The van der Waals surface area contributed by atoms with Gasteiger partial charge in [-0.3, -0.25) is 0 Å². The van der Waals surface area contributed by atoms with Crippen LogP contribution in [0.1, 0.15) is 30.4 Å². The van der Waals surface area contributed by atoms with Crippen molar-refractivity contribution >= 4 is 11.7 Å². The number of carbonyl (C=O) groups is 1. The maximum absolute atomic E-state index is 11.6. The van der Waals surface area contributed by atoms with Gasteiger partial charge in [0.15, 0.2) is 0 Å². The summed E-state index contributed by atoms with van der Waals surface area (Å²) in [5.74, 6) is 1.20. The fourth-order valence-corrected chi connectivity index (χ4v) is 4.26. The van der Waals surface area contributed by atoms with Gasteiger partial charge < -0.3 is 20.7 Å². The molecule has 6 heteroatoms. The van der Waals surface area contributed by atoms with Crippen molar-refractivity contribution < 1.29 is 9.53 Å². The van der Waals surface area contributed by atoms with Crippen molar-refractivity contribution in [1.82, 2.24) is 9.88 Å². The molecule has 28 heavy (non-hydrogen) atoms. The number of ether oxygens (including phenoxy) is 1. The summed E-state index contributed by atoms with van der Waals surface area (Å²) in [5, 5.41) is 2.85. The zero-order valence-electron chi connectivity index (χ0n) is 16.4. The van der Waals surface area contributed by atoms with Crippen LogP contribution in [0.2, 0.25) is 0 Å². The van der Waals surface area contributed by atoms with E-state index in [0.717, 1.165) is 62.0 Å². The van der Waals surface area contributed by atoms with E-state index in [9.17, 15) is 4.79 Å². The molecule has 1 saturated heterocycles. The van der Waals surface area contributed by atoms with Gasteiger partial charge in [0.2, 0.25) is 5.88 Å². The lowest BCUT2D eigenvalue weighted by atomic mass is 9.97. The molecule has 6 nitrogen and oxygen atoms in total. The number of nitrogens with two attached hydrogens (primary N) is 1. The predicted octanol–water partition coefficient (Wildman–Crippen LogP) is 3.45. The van der Waals surface area contributed by atoms with Crippen LogP contribution in [-0.2, 0) is 12.8 Å². The number of nitrogens with one attached hydrogen (secondary N) is 1. The zero-order chi connectivity index (χ0) is 19.5. The highest BCUT2D eigenvalue weighted by molar-refractivity contribution is 5.95. The molecular weight excluding hydrogens is 352 g/mol. The summed E-state index contributed by atoms with van der Waals surface area (Å²) in [6.07, 6.45) is 7.20. The normalized spacial score (nSPS) is 17.3. The van der Waals surface area contributed by atoms with E-state index in [2.05, 4.69) is 34.4 Å². The molecule has 1 aliphatic heterocycles. The molecule has 1 aliphatic carbocycles. The molecule has 0 bridgehead atoms. The molecule has 1 fully saturated rings. The summed E-state index contributed by atoms with van der Waals surface area (Å²) in [4.78, 5) is 18.3. The van der Waals surface area contributed by atoms with Crippen LogP contribution in [0.15, 0.2) is 30.5 Å². The number of anilines is 1. The van der Waals surface area contributed by atoms with Crippen LogP contribution in [0.5, 0.6) is 5.88 Å². The summed E-state index contributed by atoms with van der Waals surface area (Å²) in [5.41, 5.74) is 10.7. The molecule has 1 aromatic carbocycles. The van der Waals surface area contributed by atoms with Crippen LogP contribution in [0.4, 0.5) is 10.5 Å². The quantitative estimate of drug-likeness (QED) is 0.833. The third-order valence-corrected chi connectivity index (χ3v) is 5.88. The lowest BCUT2D eigenvalue weighted by molar-refractivity contribution is 0.157. The van der Waals surface area contributed by atoms with Gasteiger partial charge in [0, 0.05) is 17.8 Å². The number of urea groups is 1. The second kappa shape index (κ2) is 8.19. The predicted molar refractivity (Wildman–Crippen MR) is 111 cm³/mol. The molecule has 0 unspecified atom stereocenters. The number of hydrogen-bond donors (Lipinski definition) is 2. The minimum Gasteiger partial charge on any atom is -0.477 e. The average Bonchev–Trinajstić information content (AvgIpc) is 3.17. The van der Waals surface area contributed by atoms with Crippen LogP contribution in [0.3, 0.4) is 0 Å². The number of nitrogens with zero attached hydrogens (tertiary/aromatic N) is 2. The zero-order valence-corrected chi connectivity index (χ0v) is 16.4. The molecule has 0 saturated carbocycles. The Labute approximate surface area is 166 Å². The molecule has 2 amide bonds. The van der Waals surface area contributed by atoms with Crippen LogP contribution >= 0.6 is 0 Å². The Morgan fingerprint density at radius 2 is 2.11 bits per heavy atom. The number of likely N-dealkylation sites (tertiary alicyclic amines) is 1. The number of rotatable bonds is 5. The van der Waals surface area contributed by atoms with E-state index in [0.29, 0.717) is 18.4 Å². The second-order valence-electron chi connectivity index (χ2n) is 7.91. The van der Waals surface area contributed by atoms with Gasteiger partial charge >= 0.3 is 6.03 Å².